The topological polar surface area (TPSA) is 131 Å². The maximum atomic E-state index is 13.0. The Kier molecular flexibility index (Phi) is 9.00. The van der Waals surface area contributed by atoms with Crippen LogP contribution in [0.4, 0.5) is 27.7 Å². The lowest BCUT2D eigenvalue weighted by Gasteiger charge is -2.14. The summed E-state index contributed by atoms with van der Waals surface area (Å²) < 4.78 is 10.2. The third-order valence-corrected chi connectivity index (χ3v) is 4.55. The van der Waals surface area contributed by atoms with Crippen molar-refractivity contribution in [2.75, 3.05) is 35.7 Å². The first-order valence-corrected chi connectivity index (χ1v) is 11.0. The molecule has 0 aliphatic carbocycles. The fraction of sp³-hybridized carbons (Fsp3) is 0.200. The van der Waals surface area contributed by atoms with E-state index in [-0.39, 0.29) is 24.6 Å². The number of carbonyl (C=O) groups is 3. The van der Waals surface area contributed by atoms with E-state index in [2.05, 4.69) is 26.3 Å². The molecule has 0 bridgehead atoms. The van der Waals surface area contributed by atoms with Crippen molar-refractivity contribution in [1.82, 2.24) is 10.3 Å². The minimum atomic E-state index is -0.457. The second-order valence-electron chi connectivity index (χ2n) is 7.16. The standard InChI is InChI=1S/C25H27N5O5/c1-3-26-25(33)30-22-14-21(28-17-8-6-5-7-9-17)20(15-27-22)24(32)29-18-10-12-19(13-11-18)35-16-23(31)34-4-2/h5-15H,3-4,16H2,1-2H3,(H,29,32)(H3,26,27,28,30,33). The highest BCUT2D eigenvalue weighted by Gasteiger charge is 2.15. The predicted molar refractivity (Wildman–Crippen MR) is 133 cm³/mol. The van der Waals surface area contributed by atoms with Crippen LogP contribution in [-0.2, 0) is 9.53 Å². The van der Waals surface area contributed by atoms with Crippen molar-refractivity contribution in [1.29, 1.82) is 0 Å². The number of rotatable bonds is 10. The Balaban J connectivity index is 1.74. The summed E-state index contributed by atoms with van der Waals surface area (Å²) in [6.07, 6.45) is 1.39. The molecular formula is C25H27N5O5. The molecule has 1 heterocycles. The highest BCUT2D eigenvalue weighted by Crippen LogP contribution is 2.25. The van der Waals surface area contributed by atoms with Crippen LogP contribution < -0.4 is 26.0 Å². The zero-order valence-electron chi connectivity index (χ0n) is 19.5. The first kappa shape index (κ1) is 25.0. The molecule has 0 saturated carbocycles. The van der Waals surface area contributed by atoms with Gasteiger partial charge in [0.1, 0.15) is 11.6 Å². The molecule has 0 unspecified atom stereocenters. The number of urea groups is 1. The van der Waals surface area contributed by atoms with Crippen molar-refractivity contribution < 1.29 is 23.9 Å². The number of para-hydroxylation sites is 1. The molecule has 35 heavy (non-hydrogen) atoms. The first-order valence-electron chi connectivity index (χ1n) is 11.0. The normalized spacial score (nSPS) is 10.1. The summed E-state index contributed by atoms with van der Waals surface area (Å²) in [4.78, 5) is 40.6. The SMILES string of the molecule is CCNC(=O)Nc1cc(Nc2ccccc2)c(C(=O)Nc2ccc(OCC(=O)OCC)cc2)cn1. The number of carbonyl (C=O) groups excluding carboxylic acids is 3. The second kappa shape index (κ2) is 12.6. The molecule has 0 atom stereocenters. The van der Waals surface area contributed by atoms with E-state index in [0.717, 1.165) is 5.69 Å². The largest absolute Gasteiger partial charge is 0.482 e. The van der Waals surface area contributed by atoms with Gasteiger partial charge in [-0.25, -0.2) is 14.6 Å². The Morgan fingerprint density at radius 3 is 2.34 bits per heavy atom. The molecule has 0 aliphatic rings. The Hall–Kier alpha value is -4.60. The van der Waals surface area contributed by atoms with Crippen molar-refractivity contribution in [3.63, 3.8) is 0 Å². The molecule has 1 aromatic heterocycles. The summed E-state index contributed by atoms with van der Waals surface area (Å²) in [5.74, 6) is -0.111. The molecule has 0 saturated heterocycles. The number of aromatic nitrogens is 1. The minimum Gasteiger partial charge on any atom is -0.482 e. The monoisotopic (exact) mass is 477 g/mol. The number of nitrogens with zero attached hydrogens (tertiary/aromatic N) is 1. The highest BCUT2D eigenvalue weighted by molar-refractivity contribution is 6.08. The first-order chi connectivity index (χ1) is 17.0. The van der Waals surface area contributed by atoms with E-state index in [1.54, 1.807) is 37.3 Å². The van der Waals surface area contributed by atoms with E-state index in [4.69, 9.17) is 9.47 Å². The Morgan fingerprint density at radius 1 is 0.914 bits per heavy atom. The Bertz CT molecular complexity index is 1150. The third kappa shape index (κ3) is 7.74. The highest BCUT2D eigenvalue weighted by atomic mass is 16.6. The third-order valence-electron chi connectivity index (χ3n) is 4.55. The van der Waals surface area contributed by atoms with E-state index in [1.165, 1.54) is 6.20 Å². The van der Waals surface area contributed by atoms with Gasteiger partial charge >= 0.3 is 12.0 Å². The van der Waals surface area contributed by atoms with Gasteiger partial charge < -0.3 is 25.4 Å². The number of nitrogens with one attached hydrogen (secondary N) is 4. The van der Waals surface area contributed by atoms with Crippen LogP contribution >= 0.6 is 0 Å². The van der Waals surface area contributed by atoms with E-state index < -0.39 is 17.9 Å². The molecule has 3 aromatic rings. The lowest BCUT2D eigenvalue weighted by Crippen LogP contribution is -2.28. The van der Waals surface area contributed by atoms with Crippen molar-refractivity contribution >= 4 is 40.8 Å². The van der Waals surface area contributed by atoms with E-state index in [1.807, 2.05) is 37.3 Å². The van der Waals surface area contributed by atoms with Gasteiger partial charge in [0.05, 0.1) is 17.9 Å². The molecule has 3 amide bonds. The number of hydrogen-bond donors (Lipinski definition) is 4. The summed E-state index contributed by atoms with van der Waals surface area (Å²) in [5, 5.41) is 11.3. The van der Waals surface area contributed by atoms with Crippen molar-refractivity contribution in [2.24, 2.45) is 0 Å². The summed E-state index contributed by atoms with van der Waals surface area (Å²) in [7, 11) is 0. The minimum absolute atomic E-state index is 0.198. The van der Waals surface area contributed by atoms with Crippen molar-refractivity contribution in [3.8, 4) is 5.75 Å². The number of anilines is 4. The summed E-state index contributed by atoms with van der Waals surface area (Å²) in [6, 6.07) is 17.1. The summed E-state index contributed by atoms with van der Waals surface area (Å²) in [5.41, 5.74) is 2.02. The molecule has 10 nitrogen and oxygen atoms in total. The van der Waals surface area contributed by atoms with Crippen LogP contribution in [0.15, 0.2) is 66.9 Å². The van der Waals surface area contributed by atoms with Gasteiger partial charge in [0.25, 0.3) is 5.91 Å². The van der Waals surface area contributed by atoms with E-state index >= 15 is 0 Å². The molecule has 0 radical (unpaired) electrons. The molecule has 182 valence electrons. The maximum Gasteiger partial charge on any atom is 0.344 e. The lowest BCUT2D eigenvalue weighted by atomic mass is 10.2. The van der Waals surface area contributed by atoms with Gasteiger partial charge in [0.15, 0.2) is 6.61 Å². The quantitative estimate of drug-likeness (QED) is 0.323. The molecule has 4 N–H and O–H groups in total. The number of benzene rings is 2. The van der Waals surface area contributed by atoms with Gasteiger partial charge in [0, 0.05) is 30.2 Å². The molecule has 0 fully saturated rings. The molecule has 0 aliphatic heterocycles. The van der Waals surface area contributed by atoms with Crippen LogP contribution in [0.5, 0.6) is 5.75 Å². The van der Waals surface area contributed by atoms with Gasteiger partial charge in [-0.1, -0.05) is 18.2 Å². The number of ether oxygens (including phenoxy) is 2. The summed E-state index contributed by atoms with van der Waals surface area (Å²) >= 11 is 0. The average molecular weight is 478 g/mol. The van der Waals surface area contributed by atoms with Gasteiger partial charge in [-0.2, -0.15) is 0 Å². The van der Waals surface area contributed by atoms with Crippen molar-refractivity contribution in [3.05, 3.63) is 72.4 Å². The van der Waals surface area contributed by atoms with Gasteiger partial charge in [-0.15, -0.1) is 0 Å². The average Bonchev–Trinajstić information content (AvgIpc) is 2.85. The predicted octanol–water partition coefficient (Wildman–Crippen LogP) is 4.16. The van der Waals surface area contributed by atoms with Crippen LogP contribution in [0, 0.1) is 0 Å². The van der Waals surface area contributed by atoms with E-state index in [0.29, 0.717) is 23.7 Å². The van der Waals surface area contributed by atoms with E-state index in [9.17, 15) is 14.4 Å². The number of esters is 1. The maximum absolute atomic E-state index is 13.0. The molecule has 3 rings (SSSR count). The summed E-state index contributed by atoms with van der Waals surface area (Å²) in [6.45, 7) is 4.08. The Morgan fingerprint density at radius 2 is 1.66 bits per heavy atom. The van der Waals surface area contributed by atoms with Crippen molar-refractivity contribution in [2.45, 2.75) is 13.8 Å². The van der Waals surface area contributed by atoms with Gasteiger partial charge in [0.2, 0.25) is 0 Å². The van der Waals surface area contributed by atoms with Crippen LogP contribution in [0.2, 0.25) is 0 Å². The molecule has 2 aromatic carbocycles. The number of pyridine rings is 1. The van der Waals surface area contributed by atoms with Crippen LogP contribution in [0.3, 0.4) is 0 Å². The Labute approximate surface area is 203 Å². The van der Waals surface area contributed by atoms with Crippen LogP contribution in [0.1, 0.15) is 24.2 Å². The van der Waals surface area contributed by atoms with Gasteiger partial charge in [-0.3, -0.25) is 10.1 Å². The zero-order chi connectivity index (χ0) is 25.0. The van der Waals surface area contributed by atoms with Gasteiger partial charge in [-0.05, 0) is 50.2 Å². The fourth-order valence-corrected chi connectivity index (χ4v) is 2.98. The number of amides is 3. The number of hydrogen-bond acceptors (Lipinski definition) is 7. The molecule has 10 heteroatoms. The lowest BCUT2D eigenvalue weighted by molar-refractivity contribution is -0.145. The molecule has 0 spiro atoms. The fourth-order valence-electron chi connectivity index (χ4n) is 2.98. The molecular weight excluding hydrogens is 450 g/mol. The van der Waals surface area contributed by atoms with Crippen LogP contribution in [0.25, 0.3) is 0 Å². The second-order valence-corrected chi connectivity index (χ2v) is 7.16. The van der Waals surface area contributed by atoms with Crippen LogP contribution in [-0.4, -0.2) is 42.7 Å². The zero-order valence-corrected chi connectivity index (χ0v) is 19.5. The smallest absolute Gasteiger partial charge is 0.344 e.